The first-order valence-electron chi connectivity index (χ1n) is 5.94. The number of rotatable bonds is 4. The molecule has 1 heterocycles. The minimum atomic E-state index is -4.50. The Kier molecular flexibility index (Phi) is 3.75. The number of halogens is 3. The van der Waals surface area contributed by atoms with Gasteiger partial charge in [-0.25, -0.2) is 21.6 Å². The third-order valence-electron chi connectivity index (χ3n) is 3.59. The Labute approximate surface area is 119 Å². The van der Waals surface area contributed by atoms with Crippen molar-refractivity contribution in [2.24, 2.45) is 0 Å². The number of alkyl halides is 2. The van der Waals surface area contributed by atoms with Crippen molar-refractivity contribution in [3.8, 4) is 0 Å². The lowest BCUT2D eigenvalue weighted by molar-refractivity contribution is -0.153. The van der Waals surface area contributed by atoms with Gasteiger partial charge in [-0.05, 0) is 25.5 Å². The average molecular weight is 323 g/mol. The molecule has 0 amide bonds. The third-order valence-corrected chi connectivity index (χ3v) is 5.62. The van der Waals surface area contributed by atoms with Crippen LogP contribution in [0.2, 0.25) is 0 Å². The second-order valence-electron chi connectivity index (χ2n) is 4.90. The molecule has 1 aromatic rings. The van der Waals surface area contributed by atoms with Crippen molar-refractivity contribution < 1.29 is 31.5 Å². The van der Waals surface area contributed by atoms with E-state index in [2.05, 4.69) is 0 Å². The molecule has 1 aliphatic rings. The van der Waals surface area contributed by atoms with E-state index < -0.39 is 44.2 Å². The van der Waals surface area contributed by atoms with Gasteiger partial charge in [-0.3, -0.25) is 4.79 Å². The number of carbonyl (C=O) groups is 1. The molecule has 0 saturated carbocycles. The lowest BCUT2D eigenvalue weighted by atomic mass is 9.90. The van der Waals surface area contributed by atoms with E-state index in [1.54, 1.807) is 0 Å². The first kappa shape index (κ1) is 15.8. The van der Waals surface area contributed by atoms with Crippen LogP contribution in [-0.2, 0) is 14.8 Å². The lowest BCUT2D eigenvalue weighted by Gasteiger charge is -2.45. The summed E-state index contributed by atoms with van der Waals surface area (Å²) >= 11 is 0. The minimum Gasteiger partial charge on any atom is -0.480 e. The second kappa shape index (κ2) is 4.99. The van der Waals surface area contributed by atoms with Gasteiger partial charge >= 0.3 is 5.97 Å². The summed E-state index contributed by atoms with van der Waals surface area (Å²) in [4.78, 5) is 10.2. The van der Waals surface area contributed by atoms with Crippen LogP contribution in [0.3, 0.4) is 0 Å². The van der Waals surface area contributed by atoms with Crippen molar-refractivity contribution in [3.63, 3.8) is 0 Å². The predicted molar refractivity (Wildman–Crippen MR) is 65.9 cm³/mol. The molecule has 0 aromatic heterocycles. The molecular formula is C12H12F3NO4S. The van der Waals surface area contributed by atoms with Crippen LogP contribution < -0.4 is 0 Å². The van der Waals surface area contributed by atoms with Crippen molar-refractivity contribution >= 4 is 16.0 Å². The van der Waals surface area contributed by atoms with Crippen LogP contribution in [0, 0.1) is 5.82 Å². The Balaban J connectivity index is 2.50. The number of sulfonamides is 1. The van der Waals surface area contributed by atoms with Crippen LogP contribution in [0.4, 0.5) is 13.2 Å². The highest BCUT2D eigenvalue weighted by Gasteiger charge is 2.54. The smallest absolute Gasteiger partial charge is 0.324 e. The summed E-state index contributed by atoms with van der Waals surface area (Å²) in [6.45, 7) is 1.08. The van der Waals surface area contributed by atoms with E-state index in [1.807, 2.05) is 0 Å². The number of hydrogen-bond acceptors (Lipinski definition) is 3. The van der Waals surface area contributed by atoms with Gasteiger partial charge in [0.05, 0.1) is 0 Å². The number of carboxylic acid groups (broad SMARTS) is 1. The first-order chi connectivity index (χ1) is 9.60. The molecule has 1 saturated heterocycles. The van der Waals surface area contributed by atoms with Crippen LogP contribution in [0.5, 0.6) is 0 Å². The van der Waals surface area contributed by atoms with Gasteiger partial charge in [0.1, 0.15) is 16.3 Å². The van der Waals surface area contributed by atoms with Crippen molar-refractivity contribution in [1.29, 1.82) is 0 Å². The predicted octanol–water partition coefficient (Wildman–Crippen LogP) is 2.00. The van der Waals surface area contributed by atoms with Crippen molar-refractivity contribution in [2.75, 3.05) is 6.54 Å². The summed E-state index contributed by atoms with van der Waals surface area (Å²) < 4.78 is 64.2. The summed E-state index contributed by atoms with van der Waals surface area (Å²) in [6.07, 6.45) is -2.89. The van der Waals surface area contributed by atoms with Gasteiger partial charge < -0.3 is 5.11 Å². The number of hydrogen-bond donors (Lipinski definition) is 1. The Morgan fingerprint density at radius 1 is 1.43 bits per heavy atom. The zero-order chi connectivity index (χ0) is 16.0. The summed E-state index contributed by atoms with van der Waals surface area (Å²) in [6, 6.07) is 1.95. The highest BCUT2D eigenvalue weighted by atomic mass is 32.2. The highest BCUT2D eigenvalue weighted by molar-refractivity contribution is 7.89. The van der Waals surface area contributed by atoms with E-state index in [0.717, 1.165) is 6.07 Å². The largest absolute Gasteiger partial charge is 0.480 e. The fourth-order valence-electron chi connectivity index (χ4n) is 2.11. The van der Waals surface area contributed by atoms with Crippen LogP contribution in [0.25, 0.3) is 0 Å². The van der Waals surface area contributed by atoms with Crippen molar-refractivity contribution in [2.45, 2.75) is 30.2 Å². The number of carboxylic acids is 1. The second-order valence-corrected chi connectivity index (χ2v) is 6.73. The van der Waals surface area contributed by atoms with E-state index in [1.165, 1.54) is 6.92 Å². The normalized spacial score (nSPS) is 23.1. The molecule has 5 nitrogen and oxygen atoms in total. The molecule has 116 valence electrons. The SMILES string of the molecule is CC1(C(=O)O)CCN1S(=O)(=O)c1cc(C(F)F)ccc1F. The van der Waals surface area contributed by atoms with Gasteiger partial charge in [-0.2, -0.15) is 4.31 Å². The number of benzene rings is 1. The maximum absolute atomic E-state index is 13.7. The summed E-state index contributed by atoms with van der Waals surface area (Å²) in [5, 5.41) is 9.07. The third kappa shape index (κ3) is 2.40. The molecule has 1 aromatic carbocycles. The van der Waals surface area contributed by atoms with Crippen molar-refractivity contribution in [1.82, 2.24) is 4.31 Å². The van der Waals surface area contributed by atoms with Crippen LogP contribution in [0.1, 0.15) is 25.3 Å². The van der Waals surface area contributed by atoms with E-state index in [0.29, 0.717) is 16.4 Å². The van der Waals surface area contributed by atoms with Gasteiger partial charge in [0.15, 0.2) is 0 Å². The molecular weight excluding hydrogens is 311 g/mol. The topological polar surface area (TPSA) is 74.7 Å². The molecule has 0 radical (unpaired) electrons. The lowest BCUT2D eigenvalue weighted by Crippen LogP contribution is -2.64. The molecule has 1 atom stereocenters. The van der Waals surface area contributed by atoms with Crippen LogP contribution >= 0.6 is 0 Å². The monoisotopic (exact) mass is 323 g/mol. The summed E-state index contributed by atoms with van der Waals surface area (Å²) in [5.74, 6) is -2.57. The quantitative estimate of drug-likeness (QED) is 0.920. The van der Waals surface area contributed by atoms with Gasteiger partial charge in [0.25, 0.3) is 6.43 Å². The average Bonchev–Trinajstić information content (AvgIpc) is 2.35. The molecule has 1 aliphatic heterocycles. The van der Waals surface area contributed by atoms with E-state index in [-0.39, 0.29) is 13.0 Å². The zero-order valence-electron chi connectivity index (χ0n) is 10.9. The highest BCUT2D eigenvalue weighted by Crippen LogP contribution is 2.37. The summed E-state index contributed by atoms with van der Waals surface area (Å²) in [5.41, 5.74) is -2.33. The molecule has 1 unspecified atom stereocenters. The molecule has 2 rings (SSSR count). The molecule has 9 heteroatoms. The maximum Gasteiger partial charge on any atom is 0.324 e. The van der Waals surface area contributed by atoms with E-state index >= 15 is 0 Å². The molecule has 0 spiro atoms. The van der Waals surface area contributed by atoms with E-state index in [9.17, 15) is 26.4 Å². The van der Waals surface area contributed by atoms with Gasteiger partial charge in [0, 0.05) is 12.1 Å². The van der Waals surface area contributed by atoms with Crippen LogP contribution in [-0.4, -0.2) is 35.9 Å². The Morgan fingerprint density at radius 2 is 2.05 bits per heavy atom. The van der Waals surface area contributed by atoms with Crippen LogP contribution in [0.15, 0.2) is 23.1 Å². The molecule has 21 heavy (non-hydrogen) atoms. The Morgan fingerprint density at radius 3 is 2.48 bits per heavy atom. The molecule has 0 bridgehead atoms. The summed E-state index contributed by atoms with van der Waals surface area (Å²) in [7, 11) is -4.50. The fraction of sp³-hybridized carbons (Fsp3) is 0.417. The number of aliphatic carboxylic acids is 1. The molecule has 0 aliphatic carbocycles. The van der Waals surface area contributed by atoms with Gasteiger partial charge in [-0.1, -0.05) is 6.07 Å². The first-order valence-corrected chi connectivity index (χ1v) is 7.38. The Bertz CT molecular complexity index is 692. The number of nitrogens with zero attached hydrogens (tertiary/aromatic N) is 1. The maximum atomic E-state index is 13.7. The molecule has 1 fully saturated rings. The Hall–Kier alpha value is -1.61. The minimum absolute atomic E-state index is 0.0672. The van der Waals surface area contributed by atoms with Crippen molar-refractivity contribution in [3.05, 3.63) is 29.6 Å². The van der Waals surface area contributed by atoms with E-state index in [4.69, 9.17) is 5.11 Å². The fourth-order valence-corrected chi connectivity index (χ4v) is 3.98. The van der Waals surface area contributed by atoms with Gasteiger partial charge in [-0.15, -0.1) is 0 Å². The molecule has 1 N–H and O–H groups in total. The van der Waals surface area contributed by atoms with Gasteiger partial charge in [0.2, 0.25) is 10.0 Å². The zero-order valence-corrected chi connectivity index (χ0v) is 11.7. The standard InChI is InChI=1S/C12H12F3NO4S/c1-12(11(17)18)4-5-16(12)21(19,20)9-6-7(10(14)15)2-3-8(9)13/h2-3,6,10H,4-5H2,1H3,(H,17,18).